The molecule has 0 bridgehead atoms. The van der Waals surface area contributed by atoms with E-state index in [9.17, 15) is 4.79 Å². The molecule has 1 rings (SSSR count). The van der Waals surface area contributed by atoms with Crippen LogP contribution >= 0.6 is 24.0 Å². The van der Waals surface area contributed by atoms with Crippen LogP contribution in [0.4, 0.5) is 0 Å². The van der Waals surface area contributed by atoms with E-state index in [1.165, 1.54) is 11.8 Å². The molecule has 0 radical (unpaired) electrons. The lowest BCUT2D eigenvalue weighted by Crippen LogP contribution is -2.32. The van der Waals surface area contributed by atoms with Gasteiger partial charge in [0.25, 0.3) is 0 Å². The van der Waals surface area contributed by atoms with Crippen LogP contribution in [-0.4, -0.2) is 14.7 Å². The zero-order valence-corrected chi connectivity index (χ0v) is 8.86. The van der Waals surface area contributed by atoms with Crippen LogP contribution in [0.2, 0.25) is 0 Å². The Morgan fingerprint density at radius 1 is 1.27 bits per heavy atom. The summed E-state index contributed by atoms with van der Waals surface area (Å²) in [4.78, 5) is 11.7. The minimum absolute atomic E-state index is 0.250. The van der Waals surface area contributed by atoms with Gasteiger partial charge in [-0.15, -0.1) is 11.8 Å². The van der Waals surface area contributed by atoms with Crippen LogP contribution in [0, 0.1) is 5.41 Å². The highest BCUT2D eigenvalue weighted by atomic mass is 32.2. The van der Waals surface area contributed by atoms with Crippen molar-refractivity contribution in [2.75, 3.05) is 0 Å². The summed E-state index contributed by atoms with van der Waals surface area (Å²) < 4.78 is 0.521. The van der Waals surface area contributed by atoms with E-state index in [4.69, 9.17) is 12.2 Å². The quantitative estimate of drug-likeness (QED) is 0.543. The zero-order valence-electron chi connectivity index (χ0n) is 7.22. The number of carbonyl (C=O) groups excluding carboxylic acids is 1. The van der Waals surface area contributed by atoms with Crippen LogP contribution in [0.25, 0.3) is 0 Å². The number of thioether (sulfide) groups is 1. The van der Waals surface area contributed by atoms with Gasteiger partial charge in [0.15, 0.2) is 5.78 Å². The first-order chi connectivity index (χ1) is 4.78. The van der Waals surface area contributed by atoms with Gasteiger partial charge in [-0.25, -0.2) is 0 Å². The standard InChI is InChI=1S/C8H12OS2/c1-7(2)5(9)8(3,4)11-6(7)10/h1-4H3. The Morgan fingerprint density at radius 3 is 1.82 bits per heavy atom. The van der Waals surface area contributed by atoms with Gasteiger partial charge in [-0.2, -0.15) is 0 Å². The summed E-state index contributed by atoms with van der Waals surface area (Å²) in [5.74, 6) is 0.250. The SMILES string of the molecule is CC1(C)SC(=S)C(C)(C)C1=O. The van der Waals surface area contributed by atoms with E-state index >= 15 is 0 Å². The smallest absolute Gasteiger partial charge is 0.160 e. The number of hydrogen-bond donors (Lipinski definition) is 0. The summed E-state index contributed by atoms with van der Waals surface area (Å²) >= 11 is 6.64. The molecule has 0 amide bonds. The van der Waals surface area contributed by atoms with Crippen molar-refractivity contribution in [1.82, 2.24) is 0 Å². The van der Waals surface area contributed by atoms with Crippen molar-refractivity contribution in [2.24, 2.45) is 5.41 Å². The van der Waals surface area contributed by atoms with Crippen molar-refractivity contribution in [3.8, 4) is 0 Å². The van der Waals surface area contributed by atoms with E-state index in [0.29, 0.717) is 0 Å². The number of Topliss-reactive ketones (excluding diaryl/α,β-unsaturated/α-hetero) is 1. The van der Waals surface area contributed by atoms with Crippen LogP contribution in [0.5, 0.6) is 0 Å². The second-order valence-corrected chi connectivity index (χ2v) is 6.15. The summed E-state index contributed by atoms with van der Waals surface area (Å²) in [6, 6.07) is 0. The molecule has 0 N–H and O–H groups in total. The second kappa shape index (κ2) is 2.30. The normalized spacial score (nSPS) is 27.6. The van der Waals surface area contributed by atoms with Gasteiger partial charge < -0.3 is 0 Å². The maximum absolute atomic E-state index is 11.7. The maximum Gasteiger partial charge on any atom is 0.160 e. The molecule has 62 valence electrons. The Bertz CT molecular complexity index is 228. The summed E-state index contributed by atoms with van der Waals surface area (Å²) in [5, 5.41) is 0. The van der Waals surface area contributed by atoms with Gasteiger partial charge in [0, 0.05) is 0 Å². The lowest BCUT2D eigenvalue weighted by atomic mass is 9.84. The first-order valence-corrected chi connectivity index (χ1v) is 4.79. The highest BCUT2D eigenvalue weighted by Crippen LogP contribution is 2.46. The predicted molar refractivity (Wildman–Crippen MR) is 53.1 cm³/mol. The van der Waals surface area contributed by atoms with Gasteiger partial charge in [0.05, 0.1) is 14.4 Å². The second-order valence-electron chi connectivity index (χ2n) is 3.85. The minimum Gasteiger partial charge on any atom is -0.297 e. The van der Waals surface area contributed by atoms with E-state index in [-0.39, 0.29) is 10.5 Å². The van der Waals surface area contributed by atoms with E-state index in [1.807, 2.05) is 27.7 Å². The Balaban J connectivity index is 3.09. The third kappa shape index (κ3) is 1.25. The molecule has 0 aromatic rings. The van der Waals surface area contributed by atoms with Crippen molar-refractivity contribution in [3.63, 3.8) is 0 Å². The van der Waals surface area contributed by atoms with E-state index in [0.717, 1.165) is 4.20 Å². The summed E-state index contributed by atoms with van der Waals surface area (Å²) in [5.41, 5.74) is -0.399. The first kappa shape index (κ1) is 9.20. The Morgan fingerprint density at radius 2 is 1.73 bits per heavy atom. The average molecular weight is 188 g/mol. The molecule has 1 aliphatic rings. The highest BCUT2D eigenvalue weighted by Gasteiger charge is 2.50. The van der Waals surface area contributed by atoms with Crippen molar-refractivity contribution in [3.05, 3.63) is 0 Å². The van der Waals surface area contributed by atoms with E-state index in [2.05, 4.69) is 0 Å². The monoisotopic (exact) mass is 188 g/mol. The molecule has 1 aliphatic heterocycles. The van der Waals surface area contributed by atoms with E-state index < -0.39 is 5.41 Å². The van der Waals surface area contributed by atoms with Gasteiger partial charge >= 0.3 is 0 Å². The molecule has 0 aliphatic carbocycles. The molecule has 0 aromatic heterocycles. The lowest BCUT2D eigenvalue weighted by Gasteiger charge is -2.17. The molecule has 0 spiro atoms. The van der Waals surface area contributed by atoms with Crippen molar-refractivity contribution >= 4 is 34.0 Å². The average Bonchev–Trinajstić information content (AvgIpc) is 1.94. The number of ketones is 1. The fourth-order valence-electron chi connectivity index (χ4n) is 1.25. The fourth-order valence-corrected chi connectivity index (χ4v) is 3.13. The van der Waals surface area contributed by atoms with Gasteiger partial charge in [-0.05, 0) is 27.7 Å². The van der Waals surface area contributed by atoms with E-state index in [1.54, 1.807) is 0 Å². The molecule has 1 heterocycles. The molecule has 0 unspecified atom stereocenters. The van der Waals surface area contributed by atoms with Gasteiger partial charge in [0.2, 0.25) is 0 Å². The molecule has 3 heteroatoms. The van der Waals surface area contributed by atoms with Crippen molar-refractivity contribution in [1.29, 1.82) is 0 Å². The Labute approximate surface area is 76.9 Å². The van der Waals surface area contributed by atoms with Crippen LogP contribution in [0.3, 0.4) is 0 Å². The number of thiocarbonyl (C=S) groups is 1. The third-order valence-electron chi connectivity index (χ3n) is 1.97. The van der Waals surface area contributed by atoms with Crippen LogP contribution in [0.15, 0.2) is 0 Å². The molecule has 0 atom stereocenters. The fraction of sp³-hybridized carbons (Fsp3) is 0.750. The summed E-state index contributed by atoms with van der Waals surface area (Å²) in [6.07, 6.45) is 0. The summed E-state index contributed by atoms with van der Waals surface area (Å²) in [7, 11) is 0. The highest BCUT2D eigenvalue weighted by molar-refractivity contribution is 8.25. The lowest BCUT2D eigenvalue weighted by molar-refractivity contribution is -0.125. The molecule has 11 heavy (non-hydrogen) atoms. The van der Waals surface area contributed by atoms with Gasteiger partial charge in [0.1, 0.15) is 0 Å². The third-order valence-corrected chi connectivity index (χ3v) is 4.12. The maximum atomic E-state index is 11.7. The largest absolute Gasteiger partial charge is 0.297 e. The number of hydrogen-bond acceptors (Lipinski definition) is 3. The predicted octanol–water partition coefficient (Wildman–Crippen LogP) is 2.43. The Hall–Kier alpha value is 0.110. The summed E-state index contributed by atoms with van der Waals surface area (Å²) in [6.45, 7) is 7.67. The first-order valence-electron chi connectivity index (χ1n) is 3.57. The van der Waals surface area contributed by atoms with Crippen LogP contribution in [-0.2, 0) is 4.79 Å². The number of rotatable bonds is 0. The Kier molecular flexibility index (Phi) is 1.92. The van der Waals surface area contributed by atoms with Gasteiger partial charge in [-0.1, -0.05) is 12.2 Å². The minimum atomic E-state index is -0.399. The molecule has 1 saturated heterocycles. The molecule has 1 nitrogen and oxygen atoms in total. The van der Waals surface area contributed by atoms with Crippen LogP contribution in [0.1, 0.15) is 27.7 Å². The topological polar surface area (TPSA) is 17.1 Å². The van der Waals surface area contributed by atoms with Crippen LogP contribution < -0.4 is 0 Å². The van der Waals surface area contributed by atoms with Gasteiger partial charge in [-0.3, -0.25) is 4.79 Å². The molecule has 0 saturated carbocycles. The molecule has 1 fully saturated rings. The number of carbonyl (C=O) groups is 1. The molecule has 0 aromatic carbocycles. The van der Waals surface area contributed by atoms with Crippen molar-refractivity contribution < 1.29 is 4.79 Å². The molecular weight excluding hydrogens is 176 g/mol. The zero-order chi connectivity index (χ0) is 8.86. The molecular formula is C8H12OS2. The van der Waals surface area contributed by atoms with Crippen molar-refractivity contribution in [2.45, 2.75) is 32.4 Å².